The molecule has 1 aliphatic carbocycles. The van der Waals surface area contributed by atoms with Crippen molar-refractivity contribution in [2.75, 3.05) is 18.9 Å². The van der Waals surface area contributed by atoms with Gasteiger partial charge in [0, 0.05) is 31.1 Å². The summed E-state index contributed by atoms with van der Waals surface area (Å²) in [6.07, 6.45) is 4.88. The third kappa shape index (κ3) is 4.20. The van der Waals surface area contributed by atoms with Crippen molar-refractivity contribution in [2.24, 2.45) is 0 Å². The van der Waals surface area contributed by atoms with Gasteiger partial charge in [0.05, 0.1) is 10.6 Å². The molecule has 0 spiro atoms. The lowest BCUT2D eigenvalue weighted by molar-refractivity contribution is -0.115. The minimum Gasteiger partial charge on any atom is -0.396 e. The van der Waals surface area contributed by atoms with E-state index in [2.05, 4.69) is 11.9 Å². The lowest BCUT2D eigenvalue weighted by Crippen LogP contribution is -2.25. The number of nitrogens with one attached hydrogen (secondary N) is 1. The highest BCUT2D eigenvalue weighted by molar-refractivity contribution is 8.04. The molecule has 1 rings (SSSR count). The van der Waals surface area contributed by atoms with Crippen LogP contribution in [0.4, 0.5) is 0 Å². The molecule has 5 heteroatoms. The van der Waals surface area contributed by atoms with Gasteiger partial charge in [0.1, 0.15) is 0 Å². The van der Waals surface area contributed by atoms with Crippen LogP contribution >= 0.6 is 11.8 Å². The Balaban J connectivity index is 2.59. The second-order valence-corrected chi connectivity index (χ2v) is 4.46. The molecule has 0 fully saturated rings. The van der Waals surface area contributed by atoms with Gasteiger partial charge >= 0.3 is 0 Å². The van der Waals surface area contributed by atoms with Crippen LogP contribution in [0, 0.1) is 0 Å². The zero-order valence-electron chi connectivity index (χ0n) is 9.44. The average Bonchev–Trinajstić information content (AvgIpc) is 2.31. The van der Waals surface area contributed by atoms with Gasteiger partial charge in [-0.1, -0.05) is 6.08 Å². The smallest absolute Gasteiger partial charge is 0.203 e. The topological polar surface area (TPSA) is 66.4 Å². The van der Waals surface area contributed by atoms with E-state index < -0.39 is 0 Å². The molecule has 92 valence electrons. The molecule has 0 heterocycles. The van der Waals surface area contributed by atoms with Crippen molar-refractivity contribution >= 4 is 23.3 Å². The Bertz CT molecular complexity index is 385. The van der Waals surface area contributed by atoms with E-state index >= 15 is 0 Å². The Hall–Kier alpha value is -1.33. The number of hydrogen-bond donors (Lipinski definition) is 2. The van der Waals surface area contributed by atoms with Crippen molar-refractivity contribution in [1.82, 2.24) is 5.32 Å². The van der Waals surface area contributed by atoms with Crippen LogP contribution in [0.2, 0.25) is 0 Å². The zero-order chi connectivity index (χ0) is 12.7. The van der Waals surface area contributed by atoms with Gasteiger partial charge in [-0.15, -0.1) is 18.3 Å². The molecular formula is C12H15NO3S. The van der Waals surface area contributed by atoms with Crippen LogP contribution in [0.3, 0.4) is 0 Å². The van der Waals surface area contributed by atoms with Crippen LogP contribution in [0.25, 0.3) is 0 Å². The van der Waals surface area contributed by atoms with Crippen LogP contribution < -0.4 is 5.32 Å². The first kappa shape index (κ1) is 13.7. The number of carbonyl (C=O) groups is 2. The summed E-state index contributed by atoms with van der Waals surface area (Å²) >= 11 is 1.30. The molecule has 2 N–H and O–H groups in total. The summed E-state index contributed by atoms with van der Waals surface area (Å²) in [7, 11) is 0. The highest BCUT2D eigenvalue weighted by Crippen LogP contribution is 2.21. The first-order chi connectivity index (χ1) is 8.19. The summed E-state index contributed by atoms with van der Waals surface area (Å²) in [5, 5.41) is 11.5. The molecule has 0 saturated heterocycles. The number of allylic oxidation sites excluding steroid dienone is 3. The Morgan fingerprint density at radius 1 is 1.35 bits per heavy atom. The van der Waals surface area contributed by atoms with E-state index in [1.54, 1.807) is 6.08 Å². The first-order valence-electron chi connectivity index (χ1n) is 5.29. The molecule has 0 amide bonds. The number of aliphatic hydroxyl groups is 1. The summed E-state index contributed by atoms with van der Waals surface area (Å²) in [6, 6.07) is 0. The van der Waals surface area contributed by atoms with Crippen LogP contribution in [0.1, 0.15) is 6.42 Å². The molecule has 0 atom stereocenters. The third-order valence-electron chi connectivity index (χ3n) is 2.05. The predicted octanol–water partition coefficient (Wildman–Crippen LogP) is 0.797. The van der Waals surface area contributed by atoms with Gasteiger partial charge in [-0.3, -0.25) is 9.59 Å². The lowest BCUT2D eigenvalue weighted by atomic mass is 10.1. The van der Waals surface area contributed by atoms with Gasteiger partial charge in [-0.2, -0.15) is 0 Å². The van der Waals surface area contributed by atoms with E-state index in [4.69, 9.17) is 5.11 Å². The normalized spacial score (nSPS) is 15.4. The molecule has 17 heavy (non-hydrogen) atoms. The van der Waals surface area contributed by atoms with Crippen molar-refractivity contribution in [3.63, 3.8) is 0 Å². The monoisotopic (exact) mass is 253 g/mol. The molecule has 4 nitrogen and oxygen atoms in total. The minimum absolute atomic E-state index is 0.0543. The molecular weight excluding hydrogens is 238 g/mol. The maximum absolute atomic E-state index is 11.6. The van der Waals surface area contributed by atoms with Gasteiger partial charge in [0.2, 0.25) is 5.78 Å². The second kappa shape index (κ2) is 7.09. The van der Waals surface area contributed by atoms with Crippen LogP contribution in [-0.4, -0.2) is 35.6 Å². The first-order valence-corrected chi connectivity index (χ1v) is 6.28. The Morgan fingerprint density at radius 2 is 2.12 bits per heavy atom. The summed E-state index contributed by atoms with van der Waals surface area (Å²) in [5.41, 5.74) is 0.298. The van der Waals surface area contributed by atoms with Gasteiger partial charge in [-0.25, -0.2) is 0 Å². The summed E-state index contributed by atoms with van der Waals surface area (Å²) in [6.45, 7) is 4.09. The van der Waals surface area contributed by atoms with Crippen LogP contribution in [0.15, 0.2) is 35.4 Å². The fourth-order valence-corrected chi connectivity index (χ4v) is 1.93. The predicted molar refractivity (Wildman–Crippen MR) is 68.5 cm³/mol. The molecule has 0 unspecified atom stereocenters. The molecule has 0 aromatic heterocycles. The van der Waals surface area contributed by atoms with E-state index in [9.17, 15) is 9.59 Å². The fraction of sp³-hybridized carbons (Fsp3) is 0.333. The van der Waals surface area contributed by atoms with E-state index in [1.807, 2.05) is 0 Å². The molecule has 0 bridgehead atoms. The Kier molecular flexibility index (Phi) is 5.72. The maximum Gasteiger partial charge on any atom is 0.203 e. The van der Waals surface area contributed by atoms with Crippen molar-refractivity contribution in [3.05, 3.63) is 35.4 Å². The fourth-order valence-electron chi connectivity index (χ4n) is 1.24. The van der Waals surface area contributed by atoms with Crippen molar-refractivity contribution in [1.29, 1.82) is 0 Å². The van der Waals surface area contributed by atoms with Gasteiger partial charge < -0.3 is 10.4 Å². The molecule has 1 aliphatic rings. The van der Waals surface area contributed by atoms with Crippen LogP contribution in [0.5, 0.6) is 0 Å². The molecule has 0 aliphatic heterocycles. The largest absolute Gasteiger partial charge is 0.396 e. The highest BCUT2D eigenvalue weighted by Gasteiger charge is 2.19. The number of ketones is 2. The molecule has 0 aromatic carbocycles. The van der Waals surface area contributed by atoms with Crippen molar-refractivity contribution in [3.8, 4) is 0 Å². The van der Waals surface area contributed by atoms with E-state index in [1.165, 1.54) is 23.9 Å². The Labute approximate surface area is 104 Å². The summed E-state index contributed by atoms with van der Waals surface area (Å²) in [5.74, 6) is 0.239. The number of aliphatic hydroxyl groups excluding tert-OH is 1. The number of carbonyl (C=O) groups excluding carboxylic acids is 2. The molecule has 0 saturated carbocycles. The maximum atomic E-state index is 11.6. The molecule has 0 aromatic rings. The SMILES string of the molecule is C=CCSC1=CC(=O)C(NCCCO)=CC1=O. The number of hydrogen-bond acceptors (Lipinski definition) is 5. The van der Waals surface area contributed by atoms with Gasteiger partial charge in [0.25, 0.3) is 0 Å². The lowest BCUT2D eigenvalue weighted by Gasteiger charge is -2.12. The third-order valence-corrected chi connectivity index (χ3v) is 3.09. The van der Waals surface area contributed by atoms with E-state index in [0.717, 1.165) is 0 Å². The van der Waals surface area contributed by atoms with Crippen molar-refractivity contribution in [2.45, 2.75) is 6.42 Å². The van der Waals surface area contributed by atoms with Gasteiger partial charge in [-0.05, 0) is 6.42 Å². The van der Waals surface area contributed by atoms with Crippen molar-refractivity contribution < 1.29 is 14.7 Å². The summed E-state index contributed by atoms with van der Waals surface area (Å²) < 4.78 is 0. The van der Waals surface area contributed by atoms with E-state index in [-0.39, 0.29) is 18.2 Å². The Morgan fingerprint density at radius 3 is 2.76 bits per heavy atom. The quantitative estimate of drug-likeness (QED) is 0.399. The van der Waals surface area contributed by atoms with E-state index in [0.29, 0.717) is 29.3 Å². The minimum atomic E-state index is -0.200. The van der Waals surface area contributed by atoms with Crippen LogP contribution in [-0.2, 0) is 9.59 Å². The summed E-state index contributed by atoms with van der Waals surface area (Å²) in [4.78, 5) is 23.7. The average molecular weight is 253 g/mol. The highest BCUT2D eigenvalue weighted by atomic mass is 32.2. The zero-order valence-corrected chi connectivity index (χ0v) is 10.3. The number of thioether (sulfide) groups is 1. The number of rotatable bonds is 7. The van der Waals surface area contributed by atoms with Gasteiger partial charge in [0.15, 0.2) is 5.78 Å². The molecule has 0 radical (unpaired) electrons. The second-order valence-electron chi connectivity index (χ2n) is 3.40. The standard InChI is InChI=1S/C12H15NO3S/c1-2-6-17-12-8-10(15)9(7-11(12)16)13-4-3-5-14/h2,7-8,13-14H,1,3-6H2.